The molecular weight excluding hydrogens is 232 g/mol. The number of aliphatic imine (C=N–C) groups is 1. The van der Waals surface area contributed by atoms with Crippen molar-refractivity contribution in [2.24, 2.45) is 4.99 Å². The highest BCUT2D eigenvalue weighted by molar-refractivity contribution is 7.78. The molecule has 0 aliphatic heterocycles. The number of rotatable bonds is 5. The highest BCUT2D eigenvalue weighted by Crippen LogP contribution is 2.17. The number of hydrogen-bond acceptors (Lipinski definition) is 4. The normalized spacial score (nSPS) is 9.00. The largest absolute Gasteiger partial charge is 0.492 e. The predicted octanol–water partition coefficient (Wildman–Crippen LogP) is 3.39. The predicted molar refractivity (Wildman–Crippen MR) is 76.5 cm³/mol. The molecule has 0 bridgehead atoms. The Hall–Kier alpha value is -1.22. The van der Waals surface area contributed by atoms with E-state index in [1.54, 1.807) is 0 Å². The fourth-order valence-electron chi connectivity index (χ4n) is 1.02. The van der Waals surface area contributed by atoms with E-state index in [2.05, 4.69) is 27.3 Å². The van der Waals surface area contributed by atoms with Gasteiger partial charge < -0.3 is 9.64 Å². The van der Waals surface area contributed by atoms with Crippen molar-refractivity contribution >= 4 is 23.1 Å². The number of ether oxygens (including phenoxy) is 1. The highest BCUT2D eigenvalue weighted by Gasteiger charge is 1.95. The maximum absolute atomic E-state index is 5.52. The molecule has 0 heterocycles. The molecule has 0 amide bonds. The van der Waals surface area contributed by atoms with Crippen LogP contribution in [0.15, 0.2) is 29.3 Å². The molecule has 94 valence electrons. The summed E-state index contributed by atoms with van der Waals surface area (Å²) in [4.78, 5) is 5.93. The zero-order valence-electron chi connectivity index (χ0n) is 10.9. The molecule has 0 aliphatic carbocycles. The number of isothiocyanates is 1. The molecule has 3 nitrogen and oxygen atoms in total. The lowest BCUT2D eigenvalue weighted by Gasteiger charge is -2.10. The second kappa shape index (κ2) is 9.97. The zero-order valence-corrected chi connectivity index (χ0v) is 11.8. The lowest BCUT2D eigenvalue weighted by atomic mass is 10.3. The van der Waals surface area contributed by atoms with Gasteiger partial charge in [0.25, 0.3) is 0 Å². The molecule has 17 heavy (non-hydrogen) atoms. The second-order valence-corrected chi connectivity index (χ2v) is 3.53. The summed E-state index contributed by atoms with van der Waals surface area (Å²) in [7, 11) is 4.03. The standard InChI is InChI=1S/C11H14N2OS.C2H6/c1-13(2)7-8-14-11-5-3-10(4-6-11)12-9-15;1-2/h3-6H,7-8H2,1-2H3;1-2H3. The fourth-order valence-corrected chi connectivity index (χ4v) is 1.12. The molecule has 0 unspecified atom stereocenters. The van der Waals surface area contributed by atoms with Crippen LogP contribution in [0.4, 0.5) is 5.69 Å². The number of benzene rings is 1. The first-order valence-corrected chi connectivity index (χ1v) is 6.08. The number of nitrogens with zero attached hydrogens (tertiary/aromatic N) is 2. The first kappa shape index (κ1) is 15.8. The van der Waals surface area contributed by atoms with Crippen LogP contribution < -0.4 is 4.74 Å². The van der Waals surface area contributed by atoms with Gasteiger partial charge in [0.05, 0.1) is 10.8 Å². The summed E-state index contributed by atoms with van der Waals surface area (Å²) in [5.41, 5.74) is 0.796. The molecule has 0 spiro atoms. The van der Waals surface area contributed by atoms with Gasteiger partial charge in [-0.25, -0.2) is 0 Å². The molecule has 1 rings (SSSR count). The van der Waals surface area contributed by atoms with Crippen LogP contribution >= 0.6 is 12.2 Å². The van der Waals surface area contributed by atoms with Gasteiger partial charge in [0.15, 0.2) is 0 Å². The van der Waals surface area contributed by atoms with Crippen LogP contribution in [0.25, 0.3) is 0 Å². The first-order valence-electron chi connectivity index (χ1n) is 5.68. The van der Waals surface area contributed by atoms with E-state index >= 15 is 0 Å². The Morgan fingerprint density at radius 1 is 1.24 bits per heavy atom. The van der Waals surface area contributed by atoms with Crippen molar-refractivity contribution in [3.63, 3.8) is 0 Å². The molecule has 1 aromatic rings. The summed E-state index contributed by atoms with van der Waals surface area (Å²) in [6.45, 7) is 5.59. The Kier molecular flexibility index (Phi) is 9.25. The van der Waals surface area contributed by atoms with E-state index in [4.69, 9.17) is 4.74 Å². The maximum Gasteiger partial charge on any atom is 0.119 e. The molecule has 0 fully saturated rings. The van der Waals surface area contributed by atoms with Gasteiger partial charge in [-0.05, 0) is 50.6 Å². The third kappa shape index (κ3) is 7.64. The topological polar surface area (TPSA) is 24.8 Å². The molecular formula is C13H20N2OS. The van der Waals surface area contributed by atoms with Gasteiger partial charge in [0.2, 0.25) is 0 Å². The van der Waals surface area contributed by atoms with E-state index in [0.717, 1.165) is 18.0 Å². The molecule has 0 aliphatic rings. The third-order valence-corrected chi connectivity index (χ3v) is 1.91. The van der Waals surface area contributed by atoms with Gasteiger partial charge in [-0.15, -0.1) is 0 Å². The van der Waals surface area contributed by atoms with Crippen molar-refractivity contribution in [3.05, 3.63) is 24.3 Å². The Labute approximate surface area is 109 Å². The van der Waals surface area contributed by atoms with Gasteiger partial charge in [0, 0.05) is 6.54 Å². The molecule has 1 aromatic carbocycles. The first-order chi connectivity index (χ1) is 8.22. The van der Waals surface area contributed by atoms with E-state index in [-0.39, 0.29) is 0 Å². The zero-order chi connectivity index (χ0) is 13.1. The van der Waals surface area contributed by atoms with Crippen molar-refractivity contribution < 1.29 is 4.74 Å². The minimum Gasteiger partial charge on any atom is -0.492 e. The molecule has 0 saturated heterocycles. The smallest absolute Gasteiger partial charge is 0.119 e. The second-order valence-electron chi connectivity index (χ2n) is 3.35. The number of hydrogen-bond donors (Lipinski definition) is 0. The SMILES string of the molecule is CC.CN(C)CCOc1ccc(N=C=S)cc1. The van der Waals surface area contributed by atoms with Crippen molar-refractivity contribution in [1.29, 1.82) is 0 Å². The highest BCUT2D eigenvalue weighted by atomic mass is 32.1. The molecule has 0 N–H and O–H groups in total. The van der Waals surface area contributed by atoms with Crippen LogP contribution in [0, 0.1) is 0 Å². The van der Waals surface area contributed by atoms with E-state index in [9.17, 15) is 0 Å². The Bertz CT molecular complexity index is 343. The van der Waals surface area contributed by atoms with E-state index in [1.807, 2.05) is 52.2 Å². The molecule has 0 aromatic heterocycles. The summed E-state index contributed by atoms with van der Waals surface area (Å²) < 4.78 is 5.52. The number of thiocarbonyl (C=S) groups is 1. The van der Waals surface area contributed by atoms with Crippen molar-refractivity contribution in [1.82, 2.24) is 4.90 Å². The van der Waals surface area contributed by atoms with Crippen LogP contribution in [0.3, 0.4) is 0 Å². The lowest BCUT2D eigenvalue weighted by Crippen LogP contribution is -2.19. The van der Waals surface area contributed by atoms with Gasteiger partial charge >= 0.3 is 0 Å². The van der Waals surface area contributed by atoms with Gasteiger partial charge in [0.1, 0.15) is 12.4 Å². The van der Waals surface area contributed by atoms with Crippen molar-refractivity contribution in [3.8, 4) is 5.75 Å². The average Bonchev–Trinajstić information content (AvgIpc) is 2.34. The van der Waals surface area contributed by atoms with Crippen LogP contribution in [0.2, 0.25) is 0 Å². The van der Waals surface area contributed by atoms with Crippen LogP contribution in [0.5, 0.6) is 5.75 Å². The Balaban J connectivity index is 0.00000121. The van der Waals surface area contributed by atoms with Crippen LogP contribution in [-0.4, -0.2) is 37.3 Å². The molecule has 0 saturated carbocycles. The van der Waals surface area contributed by atoms with E-state index < -0.39 is 0 Å². The van der Waals surface area contributed by atoms with Gasteiger partial charge in [-0.1, -0.05) is 13.8 Å². The maximum atomic E-state index is 5.52. The molecule has 4 heteroatoms. The molecule has 0 radical (unpaired) electrons. The van der Waals surface area contributed by atoms with E-state index in [0.29, 0.717) is 6.61 Å². The molecule has 0 atom stereocenters. The summed E-state index contributed by atoms with van der Waals surface area (Å²) in [5.74, 6) is 0.847. The Morgan fingerprint density at radius 2 is 1.82 bits per heavy atom. The lowest BCUT2D eigenvalue weighted by molar-refractivity contribution is 0.261. The fraction of sp³-hybridized carbons (Fsp3) is 0.462. The summed E-state index contributed by atoms with van der Waals surface area (Å²) in [6, 6.07) is 7.46. The Morgan fingerprint density at radius 3 is 2.29 bits per heavy atom. The van der Waals surface area contributed by atoms with Crippen LogP contribution in [0.1, 0.15) is 13.8 Å². The monoisotopic (exact) mass is 252 g/mol. The van der Waals surface area contributed by atoms with Crippen molar-refractivity contribution in [2.75, 3.05) is 27.2 Å². The average molecular weight is 252 g/mol. The summed E-state index contributed by atoms with van der Waals surface area (Å²) >= 11 is 4.51. The van der Waals surface area contributed by atoms with Gasteiger partial charge in [-0.2, -0.15) is 4.99 Å². The van der Waals surface area contributed by atoms with Crippen molar-refractivity contribution in [2.45, 2.75) is 13.8 Å². The summed E-state index contributed by atoms with van der Waals surface area (Å²) in [6.07, 6.45) is 0. The quantitative estimate of drug-likeness (QED) is 0.593. The van der Waals surface area contributed by atoms with Crippen LogP contribution in [-0.2, 0) is 0 Å². The van der Waals surface area contributed by atoms with E-state index in [1.165, 1.54) is 0 Å². The third-order valence-electron chi connectivity index (χ3n) is 1.82. The van der Waals surface area contributed by atoms with Gasteiger partial charge in [-0.3, -0.25) is 0 Å². The summed E-state index contributed by atoms with van der Waals surface area (Å²) in [5, 5.41) is 2.32. The minimum atomic E-state index is 0.683. The number of likely N-dealkylation sites (N-methyl/N-ethyl adjacent to an activating group) is 1. The minimum absolute atomic E-state index is 0.683.